The molecule has 0 atom stereocenters. The number of benzene rings is 2. The first-order valence-corrected chi connectivity index (χ1v) is 6.83. The summed E-state index contributed by atoms with van der Waals surface area (Å²) in [5.41, 5.74) is 7.43. The molecule has 20 heavy (non-hydrogen) atoms. The Balaban J connectivity index is 2.19. The van der Waals surface area contributed by atoms with Crippen molar-refractivity contribution in [3.63, 3.8) is 0 Å². The van der Waals surface area contributed by atoms with Crippen molar-refractivity contribution in [3.8, 4) is 11.5 Å². The molecule has 0 saturated carbocycles. The van der Waals surface area contributed by atoms with E-state index < -0.39 is 0 Å². The van der Waals surface area contributed by atoms with Gasteiger partial charge in [-0.2, -0.15) is 0 Å². The molecule has 2 rings (SSSR count). The van der Waals surface area contributed by atoms with Crippen molar-refractivity contribution >= 4 is 23.2 Å². The Morgan fingerprint density at radius 3 is 2.55 bits per heavy atom. The zero-order chi connectivity index (χ0) is 14.5. The molecule has 0 aliphatic carbocycles. The molecule has 0 unspecified atom stereocenters. The number of rotatable bonds is 5. The van der Waals surface area contributed by atoms with Gasteiger partial charge in [0.15, 0.2) is 0 Å². The van der Waals surface area contributed by atoms with Crippen LogP contribution >= 0.6 is 23.2 Å². The first-order valence-electron chi connectivity index (χ1n) is 6.07. The molecule has 2 N–H and O–H groups in total. The van der Waals surface area contributed by atoms with Crippen molar-refractivity contribution < 1.29 is 9.47 Å². The summed E-state index contributed by atoms with van der Waals surface area (Å²) in [5.74, 6) is 1.40. The molecule has 5 heteroatoms. The number of ether oxygens (including phenoxy) is 2. The van der Waals surface area contributed by atoms with Gasteiger partial charge in [-0.1, -0.05) is 29.3 Å². The highest BCUT2D eigenvalue weighted by atomic mass is 35.5. The third-order valence-corrected chi connectivity index (χ3v) is 3.49. The number of nitrogens with two attached hydrogens (primary N) is 1. The fourth-order valence-corrected chi connectivity index (χ4v) is 2.14. The molecule has 0 amide bonds. The van der Waals surface area contributed by atoms with E-state index in [0.29, 0.717) is 28.9 Å². The van der Waals surface area contributed by atoms with E-state index in [-0.39, 0.29) is 0 Å². The van der Waals surface area contributed by atoms with Crippen LogP contribution in [0.2, 0.25) is 10.0 Å². The quantitative estimate of drug-likeness (QED) is 0.906. The van der Waals surface area contributed by atoms with Gasteiger partial charge in [0.2, 0.25) is 0 Å². The molecule has 0 spiro atoms. The average Bonchev–Trinajstić information content (AvgIpc) is 2.47. The van der Waals surface area contributed by atoms with E-state index in [9.17, 15) is 0 Å². The molecule has 0 fully saturated rings. The van der Waals surface area contributed by atoms with Crippen LogP contribution in [0.1, 0.15) is 11.1 Å². The average molecular weight is 312 g/mol. The van der Waals surface area contributed by atoms with Crippen LogP contribution in [0.4, 0.5) is 0 Å². The van der Waals surface area contributed by atoms with Crippen molar-refractivity contribution in [3.05, 3.63) is 57.6 Å². The Hall–Kier alpha value is -1.42. The van der Waals surface area contributed by atoms with Crippen LogP contribution in [0.15, 0.2) is 36.4 Å². The second-order valence-electron chi connectivity index (χ2n) is 4.20. The molecule has 0 heterocycles. The first kappa shape index (κ1) is 15.0. The van der Waals surface area contributed by atoms with Gasteiger partial charge in [0.05, 0.1) is 7.11 Å². The zero-order valence-corrected chi connectivity index (χ0v) is 12.5. The number of halogens is 2. The minimum Gasteiger partial charge on any atom is -0.497 e. The monoisotopic (exact) mass is 311 g/mol. The SMILES string of the molecule is COc1ccc(CN)c(OCc2cc(Cl)ccc2Cl)c1. The van der Waals surface area contributed by atoms with E-state index >= 15 is 0 Å². The molecule has 2 aromatic carbocycles. The normalized spacial score (nSPS) is 10.4. The molecule has 0 saturated heterocycles. The van der Waals surface area contributed by atoms with Gasteiger partial charge < -0.3 is 15.2 Å². The molecule has 0 aliphatic heterocycles. The van der Waals surface area contributed by atoms with Crippen LogP contribution in [0.3, 0.4) is 0 Å². The van der Waals surface area contributed by atoms with Gasteiger partial charge in [-0.3, -0.25) is 0 Å². The Bertz CT molecular complexity index is 602. The second kappa shape index (κ2) is 6.84. The van der Waals surface area contributed by atoms with E-state index in [0.717, 1.165) is 16.9 Å². The third-order valence-electron chi connectivity index (χ3n) is 2.89. The minimum absolute atomic E-state index is 0.319. The zero-order valence-electron chi connectivity index (χ0n) is 11.0. The summed E-state index contributed by atoms with van der Waals surface area (Å²) in [6, 6.07) is 10.8. The van der Waals surface area contributed by atoms with Crippen molar-refractivity contribution in [1.82, 2.24) is 0 Å². The van der Waals surface area contributed by atoms with Crippen LogP contribution in [0.5, 0.6) is 11.5 Å². The molecule has 2 aromatic rings. The number of methoxy groups -OCH3 is 1. The largest absolute Gasteiger partial charge is 0.497 e. The fourth-order valence-electron chi connectivity index (χ4n) is 1.77. The molecular weight excluding hydrogens is 297 g/mol. The highest BCUT2D eigenvalue weighted by Crippen LogP contribution is 2.27. The maximum atomic E-state index is 6.11. The summed E-state index contributed by atoms with van der Waals surface area (Å²) >= 11 is 12.1. The van der Waals surface area contributed by atoms with Crippen molar-refractivity contribution in [1.29, 1.82) is 0 Å². The van der Waals surface area contributed by atoms with E-state index in [1.54, 1.807) is 31.4 Å². The van der Waals surface area contributed by atoms with Gasteiger partial charge in [-0.05, 0) is 24.3 Å². The van der Waals surface area contributed by atoms with Gasteiger partial charge in [0.1, 0.15) is 18.1 Å². The molecule has 0 bridgehead atoms. The summed E-state index contributed by atoms with van der Waals surface area (Å²) in [4.78, 5) is 0. The smallest absolute Gasteiger partial charge is 0.127 e. The lowest BCUT2D eigenvalue weighted by atomic mass is 10.2. The summed E-state index contributed by atoms with van der Waals surface area (Å²) in [6.07, 6.45) is 0. The maximum Gasteiger partial charge on any atom is 0.127 e. The van der Waals surface area contributed by atoms with Gasteiger partial charge in [-0.15, -0.1) is 0 Å². The lowest BCUT2D eigenvalue weighted by Crippen LogP contribution is -2.03. The minimum atomic E-state index is 0.319. The van der Waals surface area contributed by atoms with Crippen LogP contribution in [-0.2, 0) is 13.2 Å². The van der Waals surface area contributed by atoms with Crippen LogP contribution in [0, 0.1) is 0 Å². The van der Waals surface area contributed by atoms with E-state index in [1.807, 2.05) is 12.1 Å². The fraction of sp³-hybridized carbons (Fsp3) is 0.200. The van der Waals surface area contributed by atoms with Crippen LogP contribution in [-0.4, -0.2) is 7.11 Å². The van der Waals surface area contributed by atoms with Gasteiger partial charge in [0, 0.05) is 33.8 Å². The first-order chi connectivity index (χ1) is 9.63. The van der Waals surface area contributed by atoms with E-state index in [1.165, 1.54) is 0 Å². The highest BCUT2D eigenvalue weighted by molar-refractivity contribution is 6.33. The van der Waals surface area contributed by atoms with E-state index in [2.05, 4.69) is 0 Å². The predicted octanol–water partition coefficient (Wildman–Crippen LogP) is 4.04. The molecular formula is C15H15Cl2NO2. The maximum absolute atomic E-state index is 6.11. The van der Waals surface area contributed by atoms with Crippen molar-refractivity contribution in [2.24, 2.45) is 5.73 Å². The summed E-state index contributed by atoms with van der Waals surface area (Å²) in [7, 11) is 1.61. The predicted molar refractivity (Wildman–Crippen MR) is 81.7 cm³/mol. The Labute approximate surface area is 128 Å². The number of hydrogen-bond acceptors (Lipinski definition) is 3. The number of hydrogen-bond donors (Lipinski definition) is 1. The standard InChI is InChI=1S/C15H15Cl2NO2/c1-19-13-4-2-10(8-18)15(7-13)20-9-11-6-12(16)3-5-14(11)17/h2-7H,8-9,18H2,1H3. The Kier molecular flexibility index (Phi) is 5.12. The lowest BCUT2D eigenvalue weighted by Gasteiger charge is -2.13. The van der Waals surface area contributed by atoms with Crippen LogP contribution < -0.4 is 15.2 Å². The van der Waals surface area contributed by atoms with Crippen LogP contribution in [0.25, 0.3) is 0 Å². The molecule has 0 aliphatic rings. The van der Waals surface area contributed by atoms with Gasteiger partial charge >= 0.3 is 0 Å². The lowest BCUT2D eigenvalue weighted by molar-refractivity contribution is 0.300. The molecule has 0 radical (unpaired) electrons. The second-order valence-corrected chi connectivity index (χ2v) is 5.05. The Morgan fingerprint density at radius 1 is 1.05 bits per heavy atom. The van der Waals surface area contributed by atoms with Gasteiger partial charge in [0.25, 0.3) is 0 Å². The summed E-state index contributed by atoms with van der Waals surface area (Å²) in [6.45, 7) is 0.710. The molecule has 3 nitrogen and oxygen atoms in total. The van der Waals surface area contributed by atoms with E-state index in [4.69, 9.17) is 38.4 Å². The highest BCUT2D eigenvalue weighted by Gasteiger charge is 2.07. The topological polar surface area (TPSA) is 44.5 Å². The molecule has 106 valence electrons. The van der Waals surface area contributed by atoms with Crippen molar-refractivity contribution in [2.45, 2.75) is 13.2 Å². The van der Waals surface area contributed by atoms with Gasteiger partial charge in [-0.25, -0.2) is 0 Å². The molecule has 0 aromatic heterocycles. The Morgan fingerprint density at radius 2 is 1.85 bits per heavy atom. The van der Waals surface area contributed by atoms with Crippen molar-refractivity contribution in [2.75, 3.05) is 7.11 Å². The summed E-state index contributed by atoms with van der Waals surface area (Å²) < 4.78 is 11.0. The third kappa shape index (κ3) is 3.57. The summed E-state index contributed by atoms with van der Waals surface area (Å²) in [5, 5.41) is 1.24.